The number of benzene rings is 1. The molecule has 1 unspecified atom stereocenters. The number of aromatic nitrogens is 4. The Balaban J connectivity index is 1.67. The Bertz CT molecular complexity index is 1090. The highest BCUT2D eigenvalue weighted by Gasteiger charge is 2.15. The summed E-state index contributed by atoms with van der Waals surface area (Å²) in [5.74, 6) is -0.797. The van der Waals surface area contributed by atoms with E-state index in [0.717, 1.165) is 5.56 Å². The van der Waals surface area contributed by atoms with Gasteiger partial charge in [-0.3, -0.25) is 29.3 Å². The number of esters is 1. The van der Waals surface area contributed by atoms with Crippen LogP contribution in [0.25, 0.3) is 11.2 Å². The molecule has 164 valence electrons. The number of hydrogen-bond donors (Lipinski definition) is 2. The van der Waals surface area contributed by atoms with E-state index >= 15 is 0 Å². The van der Waals surface area contributed by atoms with Crippen LogP contribution < -0.4 is 10.9 Å². The van der Waals surface area contributed by atoms with Crippen LogP contribution in [0, 0.1) is 0 Å². The number of carbonyl (C=O) groups is 2. The Morgan fingerprint density at radius 1 is 1.19 bits per heavy atom. The largest absolute Gasteiger partial charge is 0.463 e. The fourth-order valence-corrected chi connectivity index (χ4v) is 2.70. The fourth-order valence-electron chi connectivity index (χ4n) is 2.70. The van der Waals surface area contributed by atoms with Gasteiger partial charge in [0.25, 0.3) is 5.56 Å². The molecule has 0 aliphatic carbocycles. The third kappa shape index (κ3) is 6.46. The Hall–Kier alpha value is -3.57. The number of imidazole rings is 1. The lowest BCUT2D eigenvalue weighted by molar-refractivity contribution is -0.149. The van der Waals surface area contributed by atoms with Crippen LogP contribution in [-0.4, -0.2) is 50.7 Å². The average molecular weight is 429 g/mol. The molecule has 2 aromatic heterocycles. The van der Waals surface area contributed by atoms with Gasteiger partial charge < -0.3 is 14.2 Å². The summed E-state index contributed by atoms with van der Waals surface area (Å²) in [7, 11) is 0. The van der Waals surface area contributed by atoms with E-state index < -0.39 is 17.6 Å². The van der Waals surface area contributed by atoms with Gasteiger partial charge in [-0.1, -0.05) is 30.3 Å². The summed E-state index contributed by atoms with van der Waals surface area (Å²) in [5.41, 5.74) is 0.858. The lowest BCUT2D eigenvalue weighted by Crippen LogP contribution is -2.28. The maximum Gasteiger partial charge on any atom is 0.302 e. The zero-order chi connectivity index (χ0) is 22.2. The average Bonchev–Trinajstić information content (AvgIpc) is 3.13. The van der Waals surface area contributed by atoms with E-state index in [1.165, 1.54) is 24.7 Å². The Morgan fingerprint density at radius 2 is 1.97 bits per heavy atom. The molecule has 0 spiro atoms. The van der Waals surface area contributed by atoms with Crippen LogP contribution in [0.1, 0.15) is 19.4 Å². The number of amides is 1. The van der Waals surface area contributed by atoms with Crippen molar-refractivity contribution in [2.45, 2.75) is 33.3 Å². The van der Waals surface area contributed by atoms with Crippen LogP contribution in [0.15, 0.2) is 41.5 Å². The van der Waals surface area contributed by atoms with E-state index in [9.17, 15) is 14.4 Å². The molecule has 1 amide bonds. The van der Waals surface area contributed by atoms with Crippen LogP contribution >= 0.6 is 0 Å². The molecule has 2 heterocycles. The van der Waals surface area contributed by atoms with E-state index in [4.69, 9.17) is 14.2 Å². The molecule has 1 atom stereocenters. The monoisotopic (exact) mass is 429 g/mol. The minimum Gasteiger partial charge on any atom is -0.463 e. The molecule has 0 aliphatic heterocycles. The smallest absolute Gasteiger partial charge is 0.302 e. The number of aromatic amines is 1. The van der Waals surface area contributed by atoms with Gasteiger partial charge in [-0.15, -0.1) is 0 Å². The van der Waals surface area contributed by atoms with Crippen molar-refractivity contribution < 1.29 is 23.8 Å². The SMILES string of the molecule is CC(=O)Nc1nc2c(ncn2COC(COCc2ccccc2)COC(C)=O)c(=O)[nH]1. The lowest BCUT2D eigenvalue weighted by Gasteiger charge is -2.18. The minimum atomic E-state index is -0.554. The molecule has 11 nitrogen and oxygen atoms in total. The number of nitrogens with one attached hydrogen (secondary N) is 2. The van der Waals surface area contributed by atoms with Gasteiger partial charge in [0.1, 0.15) is 19.4 Å². The predicted octanol–water partition coefficient (Wildman–Crippen LogP) is 1.20. The molecular weight excluding hydrogens is 406 g/mol. The second-order valence-corrected chi connectivity index (χ2v) is 6.70. The quantitative estimate of drug-likeness (QED) is 0.459. The van der Waals surface area contributed by atoms with Gasteiger partial charge in [-0.2, -0.15) is 4.98 Å². The third-order valence-electron chi connectivity index (χ3n) is 4.11. The molecule has 0 saturated heterocycles. The van der Waals surface area contributed by atoms with Crippen molar-refractivity contribution in [2.24, 2.45) is 0 Å². The molecule has 0 saturated carbocycles. The van der Waals surface area contributed by atoms with Crippen LogP contribution in [0.4, 0.5) is 5.95 Å². The second kappa shape index (κ2) is 10.5. The van der Waals surface area contributed by atoms with Crippen molar-refractivity contribution in [2.75, 3.05) is 18.5 Å². The number of fused-ring (bicyclic) bond motifs is 1. The first kappa shape index (κ1) is 22.1. The topological polar surface area (TPSA) is 137 Å². The van der Waals surface area contributed by atoms with Crippen molar-refractivity contribution in [3.8, 4) is 0 Å². The van der Waals surface area contributed by atoms with Crippen LogP contribution in [-0.2, 0) is 37.1 Å². The summed E-state index contributed by atoms with van der Waals surface area (Å²) >= 11 is 0. The molecular formula is C20H23N5O6. The predicted molar refractivity (Wildman–Crippen MR) is 110 cm³/mol. The van der Waals surface area contributed by atoms with Gasteiger partial charge in [0.15, 0.2) is 11.2 Å². The maximum atomic E-state index is 12.1. The number of ether oxygens (including phenoxy) is 3. The van der Waals surface area contributed by atoms with Crippen molar-refractivity contribution in [3.05, 3.63) is 52.6 Å². The first-order valence-electron chi connectivity index (χ1n) is 9.51. The molecule has 3 aromatic rings. The number of nitrogens with zero attached hydrogens (tertiary/aromatic N) is 3. The van der Waals surface area contributed by atoms with Crippen molar-refractivity contribution in [1.29, 1.82) is 0 Å². The lowest BCUT2D eigenvalue weighted by atomic mass is 10.2. The summed E-state index contributed by atoms with van der Waals surface area (Å²) in [6.45, 7) is 3.16. The Morgan fingerprint density at radius 3 is 2.68 bits per heavy atom. The fraction of sp³-hybridized carbons (Fsp3) is 0.350. The highest BCUT2D eigenvalue weighted by Crippen LogP contribution is 2.10. The minimum absolute atomic E-state index is 0.00189. The summed E-state index contributed by atoms with van der Waals surface area (Å²) in [6, 6.07) is 9.63. The van der Waals surface area contributed by atoms with Gasteiger partial charge in [-0.05, 0) is 5.56 Å². The molecule has 0 aliphatic rings. The molecule has 2 N–H and O–H groups in total. The van der Waals surface area contributed by atoms with E-state index in [1.807, 2.05) is 30.3 Å². The maximum absolute atomic E-state index is 12.1. The molecule has 3 rings (SSSR count). The van der Waals surface area contributed by atoms with Gasteiger partial charge in [-0.25, -0.2) is 4.98 Å². The second-order valence-electron chi connectivity index (χ2n) is 6.70. The Labute approximate surface area is 177 Å². The zero-order valence-corrected chi connectivity index (χ0v) is 17.2. The molecule has 0 bridgehead atoms. The molecule has 1 aromatic carbocycles. The molecule has 31 heavy (non-hydrogen) atoms. The van der Waals surface area contributed by atoms with Gasteiger partial charge in [0, 0.05) is 13.8 Å². The van der Waals surface area contributed by atoms with Crippen molar-refractivity contribution in [3.63, 3.8) is 0 Å². The number of H-pyrrole nitrogens is 1. The molecule has 0 radical (unpaired) electrons. The summed E-state index contributed by atoms with van der Waals surface area (Å²) in [5, 5.41) is 2.43. The van der Waals surface area contributed by atoms with Gasteiger partial charge in [0.05, 0.1) is 19.5 Å². The van der Waals surface area contributed by atoms with E-state index in [2.05, 4.69) is 20.3 Å². The summed E-state index contributed by atoms with van der Waals surface area (Å²) in [4.78, 5) is 45.3. The van der Waals surface area contributed by atoms with Crippen LogP contribution in [0.5, 0.6) is 0 Å². The Kier molecular flexibility index (Phi) is 7.46. The number of rotatable bonds is 10. The van der Waals surface area contributed by atoms with E-state index in [1.54, 1.807) is 0 Å². The van der Waals surface area contributed by atoms with E-state index in [0.29, 0.717) is 6.61 Å². The van der Waals surface area contributed by atoms with Crippen LogP contribution in [0.3, 0.4) is 0 Å². The number of hydrogen-bond acceptors (Lipinski definition) is 8. The highest BCUT2D eigenvalue weighted by molar-refractivity contribution is 5.87. The standard InChI is InChI=1S/C20H23N5O6/c1-13(26)22-20-23-18-17(19(28)24-20)21-11-25(18)12-31-16(10-30-14(2)27)9-29-8-15-6-4-3-5-7-15/h3-7,11,16H,8-10,12H2,1-2H3,(H2,22,23,24,26,28). The van der Waals surface area contributed by atoms with E-state index in [-0.39, 0.29) is 43.0 Å². The highest BCUT2D eigenvalue weighted by atomic mass is 16.6. The molecule has 11 heteroatoms. The normalized spacial score (nSPS) is 11.9. The number of carbonyl (C=O) groups excluding carboxylic acids is 2. The van der Waals surface area contributed by atoms with Crippen molar-refractivity contribution in [1.82, 2.24) is 19.5 Å². The van der Waals surface area contributed by atoms with Crippen molar-refractivity contribution >= 4 is 29.0 Å². The summed E-state index contributed by atoms with van der Waals surface area (Å²) < 4.78 is 18.1. The van der Waals surface area contributed by atoms with Gasteiger partial charge >= 0.3 is 5.97 Å². The first-order chi connectivity index (χ1) is 14.9. The number of anilines is 1. The molecule has 0 fully saturated rings. The first-order valence-corrected chi connectivity index (χ1v) is 9.51. The summed E-state index contributed by atoms with van der Waals surface area (Å²) in [6.07, 6.45) is 0.847. The van der Waals surface area contributed by atoms with Gasteiger partial charge in [0.2, 0.25) is 11.9 Å². The zero-order valence-electron chi connectivity index (χ0n) is 17.2. The third-order valence-corrected chi connectivity index (χ3v) is 4.11. The van der Waals surface area contributed by atoms with Crippen LogP contribution in [0.2, 0.25) is 0 Å².